The smallest absolute Gasteiger partial charge is 0.265 e. The molecule has 0 aromatic carbocycles. The van der Waals surface area contributed by atoms with Crippen LogP contribution >= 0.6 is 23.7 Å². The second-order valence-electron chi connectivity index (χ2n) is 3.02. The fourth-order valence-electron chi connectivity index (χ4n) is 0.916. The van der Waals surface area contributed by atoms with Crippen molar-refractivity contribution < 1.29 is 9.59 Å². The third-order valence-electron chi connectivity index (χ3n) is 1.70. The zero-order valence-corrected chi connectivity index (χ0v) is 10.3. The average Bonchev–Trinajstić information content (AvgIpc) is 2.50. The normalized spacial score (nSPS) is 13.0. The van der Waals surface area contributed by atoms with Gasteiger partial charge in [-0.2, -0.15) is 4.99 Å². The average molecular weight is 265 g/mol. The molecule has 0 radical (unpaired) electrons. The Morgan fingerprint density at radius 2 is 2.25 bits per heavy atom. The van der Waals surface area contributed by atoms with Gasteiger partial charge in [-0.3, -0.25) is 9.59 Å². The largest absolute Gasteiger partial charge is 0.370 e. The molecular weight excluding hydrogens is 252 g/mol. The Balaban J connectivity index is 0.00000225. The zero-order chi connectivity index (χ0) is 11.4. The minimum Gasteiger partial charge on any atom is -0.370 e. The fraction of sp³-hybridized carbons (Fsp3) is 0.375. The van der Waals surface area contributed by atoms with Gasteiger partial charge in [0.15, 0.2) is 4.80 Å². The monoisotopic (exact) mass is 264 g/mol. The van der Waals surface area contributed by atoms with Gasteiger partial charge in [0.2, 0.25) is 5.91 Å². The summed E-state index contributed by atoms with van der Waals surface area (Å²) in [5, 5.41) is 1.80. The number of aryl methyl sites for hydroxylation is 1. The number of carbonyl (C=O) groups is 2. The Morgan fingerprint density at radius 3 is 2.69 bits per heavy atom. The van der Waals surface area contributed by atoms with Gasteiger partial charge in [-0.1, -0.05) is 0 Å². The highest BCUT2D eigenvalue weighted by atomic mass is 35.5. The van der Waals surface area contributed by atoms with E-state index in [1.807, 2.05) is 0 Å². The quantitative estimate of drug-likeness (QED) is 0.742. The summed E-state index contributed by atoms with van der Waals surface area (Å²) in [6.07, 6.45) is 1.59. The molecule has 0 spiro atoms. The van der Waals surface area contributed by atoms with E-state index in [1.54, 1.807) is 23.2 Å². The van der Waals surface area contributed by atoms with Crippen molar-refractivity contribution in [3.63, 3.8) is 0 Å². The van der Waals surface area contributed by atoms with Gasteiger partial charge in [0.1, 0.15) is 0 Å². The van der Waals surface area contributed by atoms with E-state index in [0.717, 1.165) is 0 Å². The lowest BCUT2D eigenvalue weighted by Gasteiger charge is -2.02. The molecule has 4 N–H and O–H groups in total. The Bertz CT molecular complexity index is 439. The molecule has 1 aromatic rings. The van der Waals surface area contributed by atoms with Crippen LogP contribution in [0.5, 0.6) is 0 Å². The first-order valence-corrected chi connectivity index (χ1v) is 5.11. The summed E-state index contributed by atoms with van der Waals surface area (Å²) in [5.41, 5.74) is 10.4. The van der Waals surface area contributed by atoms with E-state index < -0.39 is 17.9 Å². The lowest BCUT2D eigenvalue weighted by Crippen LogP contribution is -2.35. The molecule has 6 nitrogen and oxygen atoms in total. The Hall–Kier alpha value is -1.18. The van der Waals surface area contributed by atoms with Crippen molar-refractivity contribution in [3.8, 4) is 0 Å². The first-order valence-electron chi connectivity index (χ1n) is 4.23. The molecule has 1 atom stereocenters. The minimum absolute atomic E-state index is 0. The molecular formula is C8H13ClN4O2S. The second kappa shape index (κ2) is 6.41. The summed E-state index contributed by atoms with van der Waals surface area (Å²) < 4.78 is 1.69. The third kappa shape index (κ3) is 4.13. The van der Waals surface area contributed by atoms with Gasteiger partial charge in [0.05, 0.1) is 12.5 Å². The van der Waals surface area contributed by atoms with Crippen molar-refractivity contribution >= 4 is 35.6 Å². The molecule has 0 bridgehead atoms. The maximum absolute atomic E-state index is 11.4. The van der Waals surface area contributed by atoms with Crippen molar-refractivity contribution in [3.05, 3.63) is 16.4 Å². The summed E-state index contributed by atoms with van der Waals surface area (Å²) in [4.78, 5) is 26.2. The topological polar surface area (TPSA) is 103 Å². The van der Waals surface area contributed by atoms with E-state index in [9.17, 15) is 9.59 Å². The molecule has 0 saturated heterocycles. The van der Waals surface area contributed by atoms with Crippen molar-refractivity contribution in [1.82, 2.24) is 4.57 Å². The number of hydrogen-bond donors (Lipinski definition) is 2. The molecule has 0 fully saturated rings. The van der Waals surface area contributed by atoms with Crippen LogP contribution in [0.2, 0.25) is 0 Å². The highest BCUT2D eigenvalue weighted by Gasteiger charge is 2.15. The summed E-state index contributed by atoms with van der Waals surface area (Å²) >= 11 is 1.32. The van der Waals surface area contributed by atoms with E-state index in [4.69, 9.17) is 11.5 Å². The van der Waals surface area contributed by atoms with Crippen molar-refractivity contribution in [2.45, 2.75) is 12.5 Å². The number of carbonyl (C=O) groups excluding carboxylic acids is 2. The molecule has 0 aliphatic carbocycles. The first-order chi connectivity index (χ1) is 7.00. The number of nitrogens with zero attached hydrogens (tertiary/aromatic N) is 2. The highest BCUT2D eigenvalue weighted by Crippen LogP contribution is 1.92. The first kappa shape index (κ1) is 14.8. The van der Waals surface area contributed by atoms with Gasteiger partial charge >= 0.3 is 0 Å². The number of rotatable bonds is 3. The van der Waals surface area contributed by atoms with Gasteiger partial charge in [0, 0.05) is 18.6 Å². The fourth-order valence-corrected chi connectivity index (χ4v) is 1.65. The SMILES string of the molecule is Cl.Cn1ccsc1=NC(=O)C(N)CC(N)=O. The van der Waals surface area contributed by atoms with Crippen molar-refractivity contribution in [2.24, 2.45) is 23.5 Å². The molecule has 1 aromatic heterocycles. The highest BCUT2D eigenvalue weighted by molar-refractivity contribution is 7.07. The summed E-state index contributed by atoms with van der Waals surface area (Å²) in [6, 6.07) is -0.954. The van der Waals surface area contributed by atoms with E-state index in [-0.39, 0.29) is 18.8 Å². The van der Waals surface area contributed by atoms with Crippen LogP contribution in [0.15, 0.2) is 16.6 Å². The van der Waals surface area contributed by atoms with Crippen molar-refractivity contribution in [2.75, 3.05) is 0 Å². The number of hydrogen-bond acceptors (Lipinski definition) is 4. The van der Waals surface area contributed by atoms with Gasteiger partial charge in [-0.05, 0) is 0 Å². The van der Waals surface area contributed by atoms with Gasteiger partial charge in [-0.25, -0.2) is 0 Å². The van der Waals surface area contributed by atoms with E-state index >= 15 is 0 Å². The standard InChI is InChI=1S/C8H12N4O2S.ClH/c1-12-2-3-15-8(12)11-7(14)5(9)4-6(10)13;/h2-3,5H,4,9H2,1H3,(H2,10,13);1H. The van der Waals surface area contributed by atoms with Crippen LogP contribution in [0, 0.1) is 0 Å². The van der Waals surface area contributed by atoms with Crippen molar-refractivity contribution in [1.29, 1.82) is 0 Å². The molecule has 1 heterocycles. The summed E-state index contributed by atoms with van der Waals surface area (Å²) in [6.45, 7) is 0. The van der Waals surface area contributed by atoms with Crippen LogP contribution in [0.3, 0.4) is 0 Å². The van der Waals surface area contributed by atoms with Crippen LogP contribution in [-0.2, 0) is 16.6 Å². The van der Waals surface area contributed by atoms with Crippen LogP contribution in [0.1, 0.15) is 6.42 Å². The molecule has 16 heavy (non-hydrogen) atoms. The predicted octanol–water partition coefficient (Wildman–Crippen LogP) is -0.862. The molecule has 0 aliphatic rings. The number of aromatic nitrogens is 1. The molecule has 2 amide bonds. The third-order valence-corrected chi connectivity index (χ3v) is 2.55. The van der Waals surface area contributed by atoms with Gasteiger partial charge < -0.3 is 16.0 Å². The van der Waals surface area contributed by atoms with Crippen LogP contribution in [0.4, 0.5) is 0 Å². The zero-order valence-electron chi connectivity index (χ0n) is 8.62. The number of halogens is 1. The molecule has 0 aliphatic heterocycles. The lowest BCUT2D eigenvalue weighted by atomic mass is 10.2. The van der Waals surface area contributed by atoms with Crippen LogP contribution < -0.4 is 16.3 Å². The van der Waals surface area contributed by atoms with E-state index in [2.05, 4.69) is 4.99 Å². The number of primary amides is 1. The molecule has 8 heteroatoms. The number of nitrogens with two attached hydrogens (primary N) is 2. The molecule has 1 rings (SSSR count). The Kier molecular flexibility index (Phi) is 5.94. The number of thiazole rings is 1. The lowest BCUT2D eigenvalue weighted by molar-refractivity contribution is -0.124. The number of amides is 2. The van der Waals surface area contributed by atoms with Gasteiger partial charge in [0.25, 0.3) is 5.91 Å². The Morgan fingerprint density at radius 1 is 1.62 bits per heavy atom. The van der Waals surface area contributed by atoms with Gasteiger partial charge in [-0.15, -0.1) is 23.7 Å². The second-order valence-corrected chi connectivity index (χ2v) is 3.90. The maximum atomic E-state index is 11.4. The molecule has 1 unspecified atom stereocenters. The molecule has 90 valence electrons. The maximum Gasteiger partial charge on any atom is 0.265 e. The summed E-state index contributed by atoms with van der Waals surface area (Å²) in [7, 11) is 1.77. The van der Waals surface area contributed by atoms with E-state index in [0.29, 0.717) is 4.80 Å². The predicted molar refractivity (Wildman–Crippen MR) is 62.9 cm³/mol. The Labute approximate surface area is 102 Å². The summed E-state index contributed by atoms with van der Waals surface area (Å²) in [5.74, 6) is -1.14. The van der Waals surface area contributed by atoms with E-state index in [1.165, 1.54) is 11.3 Å². The minimum atomic E-state index is -0.954. The van der Waals surface area contributed by atoms with Crippen LogP contribution in [0.25, 0.3) is 0 Å². The molecule has 0 saturated carbocycles. The van der Waals surface area contributed by atoms with Crippen LogP contribution in [-0.4, -0.2) is 22.4 Å².